The number of amides is 1. The lowest BCUT2D eigenvalue weighted by Crippen LogP contribution is -2.29. The Morgan fingerprint density at radius 3 is 2.08 bits per heavy atom. The third-order valence-electron chi connectivity index (χ3n) is 4.10. The molecular formula is C22H21NO. The third kappa shape index (κ3) is 3.72. The molecule has 0 aliphatic carbocycles. The van der Waals surface area contributed by atoms with E-state index in [4.69, 9.17) is 0 Å². The number of carbonyl (C=O) groups is 1. The summed E-state index contributed by atoms with van der Waals surface area (Å²) in [6.07, 6.45) is 0. The van der Waals surface area contributed by atoms with Gasteiger partial charge in [-0.15, -0.1) is 0 Å². The zero-order valence-electron chi connectivity index (χ0n) is 14.0. The topological polar surface area (TPSA) is 29.1 Å². The van der Waals surface area contributed by atoms with Crippen molar-refractivity contribution in [2.75, 3.05) is 0 Å². The van der Waals surface area contributed by atoms with Gasteiger partial charge < -0.3 is 5.32 Å². The van der Waals surface area contributed by atoms with Gasteiger partial charge in [0.05, 0.1) is 6.04 Å². The van der Waals surface area contributed by atoms with E-state index in [1.807, 2.05) is 61.5 Å². The van der Waals surface area contributed by atoms with E-state index in [-0.39, 0.29) is 11.9 Å². The van der Waals surface area contributed by atoms with Gasteiger partial charge in [-0.2, -0.15) is 0 Å². The van der Waals surface area contributed by atoms with Gasteiger partial charge in [-0.05, 0) is 37.1 Å². The fraction of sp³-hybridized carbons (Fsp3) is 0.136. The minimum atomic E-state index is -0.167. The van der Waals surface area contributed by atoms with Crippen molar-refractivity contribution in [3.8, 4) is 0 Å². The molecule has 1 amide bonds. The van der Waals surface area contributed by atoms with Crippen LogP contribution in [0.1, 0.15) is 38.7 Å². The zero-order chi connectivity index (χ0) is 16.9. The van der Waals surface area contributed by atoms with Crippen LogP contribution >= 0.6 is 0 Å². The van der Waals surface area contributed by atoms with Crippen LogP contribution in [0.2, 0.25) is 0 Å². The molecule has 1 atom stereocenters. The molecule has 1 N–H and O–H groups in total. The molecule has 0 aliphatic rings. The summed E-state index contributed by atoms with van der Waals surface area (Å²) in [5.74, 6) is -0.0619. The lowest BCUT2D eigenvalue weighted by Gasteiger charge is -2.20. The Balaban J connectivity index is 1.93. The molecule has 0 radical (unpaired) electrons. The van der Waals surface area contributed by atoms with E-state index in [1.165, 1.54) is 5.56 Å². The summed E-state index contributed by atoms with van der Waals surface area (Å²) in [6.45, 7) is 4.05. The standard InChI is InChI=1S/C22H21NO/c1-16-11-13-19(14-12-16)21(18-8-4-3-5-9-18)23-22(24)20-10-6-7-17(2)15-20/h3-15,21H,1-2H3,(H,23,24)/t21-/m0/s1. The average molecular weight is 315 g/mol. The van der Waals surface area contributed by atoms with Crippen LogP contribution in [0, 0.1) is 13.8 Å². The largest absolute Gasteiger partial charge is 0.341 e. The molecule has 3 rings (SSSR count). The van der Waals surface area contributed by atoms with Crippen LogP contribution in [-0.4, -0.2) is 5.91 Å². The lowest BCUT2D eigenvalue weighted by atomic mass is 9.97. The van der Waals surface area contributed by atoms with E-state index < -0.39 is 0 Å². The number of hydrogen-bond acceptors (Lipinski definition) is 1. The van der Waals surface area contributed by atoms with Gasteiger partial charge in [-0.1, -0.05) is 77.9 Å². The number of benzene rings is 3. The highest BCUT2D eigenvalue weighted by Gasteiger charge is 2.17. The Kier molecular flexibility index (Phi) is 4.76. The molecule has 0 aliphatic heterocycles. The minimum absolute atomic E-state index is 0.0619. The second kappa shape index (κ2) is 7.14. The quantitative estimate of drug-likeness (QED) is 0.734. The Hall–Kier alpha value is -2.87. The Morgan fingerprint density at radius 1 is 0.750 bits per heavy atom. The highest BCUT2D eigenvalue weighted by molar-refractivity contribution is 5.94. The average Bonchev–Trinajstić information content (AvgIpc) is 2.61. The number of aryl methyl sites for hydroxylation is 2. The molecular weight excluding hydrogens is 294 g/mol. The summed E-state index contributed by atoms with van der Waals surface area (Å²) >= 11 is 0. The Labute approximate surface area is 143 Å². The van der Waals surface area contributed by atoms with Crippen molar-refractivity contribution in [1.82, 2.24) is 5.32 Å². The molecule has 3 aromatic rings. The minimum Gasteiger partial charge on any atom is -0.341 e. The second-order valence-corrected chi connectivity index (χ2v) is 6.10. The molecule has 0 unspecified atom stereocenters. The molecule has 3 aromatic carbocycles. The van der Waals surface area contributed by atoms with Gasteiger partial charge in [0.25, 0.3) is 5.91 Å². The fourth-order valence-electron chi connectivity index (χ4n) is 2.76. The first-order chi connectivity index (χ1) is 11.6. The van der Waals surface area contributed by atoms with Gasteiger partial charge in [0.2, 0.25) is 0 Å². The van der Waals surface area contributed by atoms with Gasteiger partial charge in [-0.25, -0.2) is 0 Å². The number of carbonyl (C=O) groups excluding carboxylic acids is 1. The van der Waals surface area contributed by atoms with Crippen molar-refractivity contribution in [2.45, 2.75) is 19.9 Å². The first kappa shape index (κ1) is 16.0. The van der Waals surface area contributed by atoms with E-state index >= 15 is 0 Å². The summed E-state index contributed by atoms with van der Waals surface area (Å²) in [5, 5.41) is 3.17. The molecule has 120 valence electrons. The summed E-state index contributed by atoms with van der Waals surface area (Å²) < 4.78 is 0. The van der Waals surface area contributed by atoms with Crippen LogP contribution in [-0.2, 0) is 0 Å². The maximum absolute atomic E-state index is 12.7. The third-order valence-corrected chi connectivity index (χ3v) is 4.10. The van der Waals surface area contributed by atoms with Crippen molar-refractivity contribution < 1.29 is 4.79 Å². The van der Waals surface area contributed by atoms with Crippen LogP contribution in [0.4, 0.5) is 0 Å². The smallest absolute Gasteiger partial charge is 0.252 e. The SMILES string of the molecule is Cc1ccc([C@@H](NC(=O)c2cccc(C)c2)c2ccccc2)cc1. The first-order valence-corrected chi connectivity index (χ1v) is 8.12. The highest BCUT2D eigenvalue weighted by atomic mass is 16.1. The van der Waals surface area contributed by atoms with Crippen molar-refractivity contribution >= 4 is 5.91 Å². The predicted molar refractivity (Wildman–Crippen MR) is 98.1 cm³/mol. The monoisotopic (exact) mass is 315 g/mol. The van der Waals surface area contributed by atoms with Crippen molar-refractivity contribution in [2.24, 2.45) is 0 Å². The maximum Gasteiger partial charge on any atom is 0.252 e. The normalized spacial score (nSPS) is 11.8. The van der Waals surface area contributed by atoms with Crippen molar-refractivity contribution in [3.05, 3.63) is 107 Å². The first-order valence-electron chi connectivity index (χ1n) is 8.12. The fourth-order valence-corrected chi connectivity index (χ4v) is 2.76. The number of rotatable bonds is 4. The molecule has 2 heteroatoms. The van der Waals surface area contributed by atoms with E-state index in [0.29, 0.717) is 5.56 Å². The molecule has 0 fully saturated rings. The van der Waals surface area contributed by atoms with Crippen LogP contribution in [0.5, 0.6) is 0 Å². The van der Waals surface area contributed by atoms with Gasteiger partial charge in [-0.3, -0.25) is 4.79 Å². The van der Waals surface area contributed by atoms with Gasteiger partial charge in [0.1, 0.15) is 0 Å². The van der Waals surface area contributed by atoms with Gasteiger partial charge in [0, 0.05) is 5.56 Å². The molecule has 0 saturated heterocycles. The van der Waals surface area contributed by atoms with Crippen LogP contribution < -0.4 is 5.32 Å². The Bertz CT molecular complexity index is 822. The predicted octanol–water partition coefficient (Wildman–Crippen LogP) is 4.82. The van der Waals surface area contributed by atoms with Crippen LogP contribution in [0.25, 0.3) is 0 Å². The molecule has 0 heterocycles. The lowest BCUT2D eigenvalue weighted by molar-refractivity contribution is 0.0943. The molecule has 24 heavy (non-hydrogen) atoms. The van der Waals surface area contributed by atoms with E-state index in [9.17, 15) is 4.79 Å². The molecule has 2 nitrogen and oxygen atoms in total. The number of hydrogen-bond donors (Lipinski definition) is 1. The highest BCUT2D eigenvalue weighted by Crippen LogP contribution is 2.23. The van der Waals surface area contributed by atoms with Crippen molar-refractivity contribution in [1.29, 1.82) is 0 Å². The van der Waals surface area contributed by atoms with E-state index in [2.05, 4.69) is 36.5 Å². The molecule has 0 saturated carbocycles. The van der Waals surface area contributed by atoms with Crippen LogP contribution in [0.15, 0.2) is 78.9 Å². The summed E-state index contributed by atoms with van der Waals surface area (Å²) in [6, 6.07) is 25.8. The van der Waals surface area contributed by atoms with Crippen LogP contribution in [0.3, 0.4) is 0 Å². The summed E-state index contributed by atoms with van der Waals surface area (Å²) in [4.78, 5) is 12.7. The maximum atomic E-state index is 12.7. The molecule has 0 bridgehead atoms. The van der Waals surface area contributed by atoms with Gasteiger partial charge >= 0.3 is 0 Å². The molecule has 0 spiro atoms. The zero-order valence-corrected chi connectivity index (χ0v) is 14.0. The van der Waals surface area contributed by atoms with E-state index in [0.717, 1.165) is 16.7 Å². The summed E-state index contributed by atoms with van der Waals surface area (Å²) in [5.41, 5.74) is 5.11. The molecule has 0 aromatic heterocycles. The summed E-state index contributed by atoms with van der Waals surface area (Å²) in [7, 11) is 0. The van der Waals surface area contributed by atoms with E-state index in [1.54, 1.807) is 0 Å². The van der Waals surface area contributed by atoms with Gasteiger partial charge in [0.15, 0.2) is 0 Å². The van der Waals surface area contributed by atoms with Crippen molar-refractivity contribution in [3.63, 3.8) is 0 Å². The number of nitrogens with one attached hydrogen (secondary N) is 1. The Morgan fingerprint density at radius 2 is 1.42 bits per heavy atom. The second-order valence-electron chi connectivity index (χ2n) is 6.10.